The molecule has 17 heavy (non-hydrogen) atoms. The van der Waals surface area contributed by atoms with Crippen molar-refractivity contribution in [1.82, 2.24) is 4.90 Å². The third-order valence-electron chi connectivity index (χ3n) is 3.58. The predicted octanol–water partition coefficient (Wildman–Crippen LogP) is 3.32. The van der Waals surface area contributed by atoms with Crippen LogP contribution in [0.3, 0.4) is 0 Å². The molecule has 1 aromatic carbocycles. The van der Waals surface area contributed by atoms with Crippen LogP contribution < -0.4 is 0 Å². The van der Waals surface area contributed by atoms with Crippen molar-refractivity contribution in [2.45, 2.75) is 25.3 Å². The number of aryl methyl sites for hydroxylation is 1. The number of hydrogen-bond acceptors (Lipinski definition) is 1. The highest BCUT2D eigenvalue weighted by atomic mass is 35.5. The largest absolute Gasteiger partial charge is 0.298 e. The molecule has 94 valence electrons. The van der Waals surface area contributed by atoms with Gasteiger partial charge in [0, 0.05) is 30.9 Å². The summed E-state index contributed by atoms with van der Waals surface area (Å²) in [6.45, 7) is 1.89. The lowest BCUT2D eigenvalue weighted by Crippen LogP contribution is -2.41. The maximum Gasteiger partial charge on any atom is 0.0351 e. The predicted molar refractivity (Wildman–Crippen MR) is 75.3 cm³/mol. The molecular weight excluding hydrogens is 253 g/mol. The van der Waals surface area contributed by atoms with Gasteiger partial charge in [0.05, 0.1) is 0 Å². The van der Waals surface area contributed by atoms with E-state index in [2.05, 4.69) is 29.2 Å². The van der Waals surface area contributed by atoms with Crippen LogP contribution in [0.15, 0.2) is 24.3 Å². The first-order chi connectivity index (χ1) is 8.35. The Bertz CT molecular complexity index is 348. The molecule has 1 aliphatic carbocycles. The van der Waals surface area contributed by atoms with Gasteiger partial charge in [-0.05, 0) is 30.4 Å². The lowest BCUT2D eigenvalue weighted by atomic mass is 9.87. The summed E-state index contributed by atoms with van der Waals surface area (Å²) in [6, 6.07) is 9.38. The van der Waals surface area contributed by atoms with Gasteiger partial charge in [-0.25, -0.2) is 0 Å². The average molecular weight is 272 g/mol. The quantitative estimate of drug-likeness (QED) is 0.743. The fourth-order valence-electron chi connectivity index (χ4n) is 2.68. The van der Waals surface area contributed by atoms with Crippen LogP contribution in [0.2, 0.25) is 0 Å². The lowest BCUT2D eigenvalue weighted by Gasteiger charge is -2.34. The smallest absolute Gasteiger partial charge is 0.0351 e. The standard InChI is InChI=1S/C14H19Cl2N/c15-7-9-17(10-8-16)14-6-5-12-3-1-2-4-13(12)11-14/h1-4,14H,5-11H2. The van der Waals surface area contributed by atoms with Crippen LogP contribution in [0, 0.1) is 0 Å². The zero-order chi connectivity index (χ0) is 12.1. The normalized spacial score (nSPS) is 19.4. The summed E-state index contributed by atoms with van der Waals surface area (Å²) in [7, 11) is 0. The summed E-state index contributed by atoms with van der Waals surface area (Å²) in [5, 5.41) is 0. The molecule has 0 amide bonds. The van der Waals surface area contributed by atoms with Crippen molar-refractivity contribution in [1.29, 1.82) is 0 Å². The molecule has 0 aliphatic heterocycles. The first kappa shape index (κ1) is 13.2. The Hall–Kier alpha value is -0.240. The van der Waals surface area contributed by atoms with E-state index in [1.54, 1.807) is 0 Å². The number of nitrogens with zero attached hydrogens (tertiary/aromatic N) is 1. The van der Waals surface area contributed by atoms with Crippen molar-refractivity contribution >= 4 is 23.2 Å². The molecule has 0 bridgehead atoms. The van der Waals surface area contributed by atoms with Crippen molar-refractivity contribution in [2.75, 3.05) is 24.8 Å². The fourth-order valence-corrected chi connectivity index (χ4v) is 3.12. The Balaban J connectivity index is 2.04. The second kappa shape index (κ2) is 6.63. The van der Waals surface area contributed by atoms with Gasteiger partial charge in [-0.1, -0.05) is 24.3 Å². The van der Waals surface area contributed by atoms with Crippen molar-refractivity contribution in [2.24, 2.45) is 0 Å². The summed E-state index contributed by atoms with van der Waals surface area (Å²) in [4.78, 5) is 2.44. The van der Waals surface area contributed by atoms with Crippen LogP contribution in [0.1, 0.15) is 17.5 Å². The van der Waals surface area contributed by atoms with Gasteiger partial charge in [-0.2, -0.15) is 0 Å². The van der Waals surface area contributed by atoms with Crippen molar-refractivity contribution in [3.8, 4) is 0 Å². The fraction of sp³-hybridized carbons (Fsp3) is 0.571. The second-order valence-corrected chi connectivity index (χ2v) is 5.34. The first-order valence-corrected chi connectivity index (χ1v) is 7.35. The van der Waals surface area contributed by atoms with Gasteiger partial charge >= 0.3 is 0 Å². The number of hydrogen-bond donors (Lipinski definition) is 0. The van der Waals surface area contributed by atoms with E-state index in [0.717, 1.165) is 19.5 Å². The Labute approximate surface area is 114 Å². The average Bonchev–Trinajstić information content (AvgIpc) is 2.38. The molecule has 1 aliphatic rings. The van der Waals surface area contributed by atoms with Gasteiger partial charge in [0.1, 0.15) is 0 Å². The van der Waals surface area contributed by atoms with Gasteiger partial charge in [-0.3, -0.25) is 4.90 Å². The van der Waals surface area contributed by atoms with Crippen LogP contribution in [0.25, 0.3) is 0 Å². The molecular formula is C14H19Cl2N. The van der Waals surface area contributed by atoms with E-state index in [9.17, 15) is 0 Å². The van der Waals surface area contributed by atoms with E-state index in [0.29, 0.717) is 17.8 Å². The van der Waals surface area contributed by atoms with Crippen molar-refractivity contribution in [3.05, 3.63) is 35.4 Å². The third kappa shape index (κ3) is 3.37. The monoisotopic (exact) mass is 271 g/mol. The lowest BCUT2D eigenvalue weighted by molar-refractivity contribution is 0.201. The highest BCUT2D eigenvalue weighted by molar-refractivity contribution is 6.18. The topological polar surface area (TPSA) is 3.24 Å². The van der Waals surface area contributed by atoms with Gasteiger partial charge < -0.3 is 0 Å². The number of rotatable bonds is 5. The summed E-state index contributed by atoms with van der Waals surface area (Å²) in [5.74, 6) is 1.38. The molecule has 0 radical (unpaired) electrons. The minimum absolute atomic E-state index is 0.613. The van der Waals surface area contributed by atoms with Crippen LogP contribution in [-0.4, -0.2) is 35.8 Å². The van der Waals surface area contributed by atoms with Gasteiger partial charge in [0.2, 0.25) is 0 Å². The molecule has 0 saturated carbocycles. The van der Waals surface area contributed by atoms with Gasteiger partial charge in [-0.15, -0.1) is 23.2 Å². The summed E-state index contributed by atoms with van der Waals surface area (Å²) >= 11 is 11.7. The Morgan fingerprint density at radius 3 is 2.35 bits per heavy atom. The SMILES string of the molecule is ClCCN(CCCl)C1CCc2ccccc2C1. The Kier molecular flexibility index (Phi) is 5.15. The molecule has 0 spiro atoms. The first-order valence-electron chi connectivity index (χ1n) is 6.28. The van der Waals surface area contributed by atoms with E-state index in [1.807, 2.05) is 0 Å². The van der Waals surface area contributed by atoms with Gasteiger partial charge in [0.15, 0.2) is 0 Å². The van der Waals surface area contributed by atoms with Crippen LogP contribution >= 0.6 is 23.2 Å². The molecule has 0 heterocycles. The Morgan fingerprint density at radius 1 is 1.06 bits per heavy atom. The minimum atomic E-state index is 0.613. The maximum atomic E-state index is 5.87. The summed E-state index contributed by atoms with van der Waals surface area (Å²) < 4.78 is 0. The molecule has 0 N–H and O–H groups in total. The zero-order valence-corrected chi connectivity index (χ0v) is 11.6. The summed E-state index contributed by atoms with van der Waals surface area (Å²) in [5.41, 5.74) is 3.01. The van der Waals surface area contributed by atoms with Crippen molar-refractivity contribution < 1.29 is 0 Å². The Morgan fingerprint density at radius 2 is 1.71 bits per heavy atom. The number of halogens is 2. The zero-order valence-electron chi connectivity index (χ0n) is 10.0. The van der Waals surface area contributed by atoms with E-state index >= 15 is 0 Å². The van der Waals surface area contributed by atoms with E-state index < -0.39 is 0 Å². The van der Waals surface area contributed by atoms with Crippen LogP contribution in [0.4, 0.5) is 0 Å². The maximum absolute atomic E-state index is 5.87. The molecule has 0 fully saturated rings. The van der Waals surface area contributed by atoms with Crippen molar-refractivity contribution in [3.63, 3.8) is 0 Å². The minimum Gasteiger partial charge on any atom is -0.298 e. The highest BCUT2D eigenvalue weighted by Gasteiger charge is 2.23. The van der Waals surface area contributed by atoms with Crippen LogP contribution in [-0.2, 0) is 12.8 Å². The highest BCUT2D eigenvalue weighted by Crippen LogP contribution is 2.24. The molecule has 1 unspecified atom stereocenters. The number of fused-ring (bicyclic) bond motifs is 1. The van der Waals surface area contributed by atoms with Crippen LogP contribution in [0.5, 0.6) is 0 Å². The van der Waals surface area contributed by atoms with Gasteiger partial charge in [0.25, 0.3) is 0 Å². The molecule has 1 atom stereocenters. The molecule has 2 rings (SSSR count). The summed E-state index contributed by atoms with van der Waals surface area (Å²) in [6.07, 6.45) is 3.55. The second-order valence-electron chi connectivity index (χ2n) is 4.58. The van der Waals surface area contributed by atoms with E-state index in [-0.39, 0.29) is 0 Å². The number of alkyl halides is 2. The molecule has 1 aromatic rings. The van der Waals surface area contributed by atoms with E-state index in [1.165, 1.54) is 24.0 Å². The van der Waals surface area contributed by atoms with E-state index in [4.69, 9.17) is 23.2 Å². The molecule has 0 saturated heterocycles. The number of benzene rings is 1. The molecule has 3 heteroatoms. The third-order valence-corrected chi connectivity index (χ3v) is 3.92. The molecule has 1 nitrogen and oxygen atoms in total. The molecule has 0 aromatic heterocycles.